The van der Waals surface area contributed by atoms with Crippen LogP contribution in [0.5, 0.6) is 0 Å². The Hall–Kier alpha value is -2.47. The Morgan fingerprint density at radius 1 is 0.600 bits per heavy atom. The summed E-state index contributed by atoms with van der Waals surface area (Å²) >= 11 is 0. The summed E-state index contributed by atoms with van der Waals surface area (Å²) in [6, 6.07) is 26.2. The summed E-state index contributed by atoms with van der Waals surface area (Å²) in [5.41, 5.74) is 7.98. The van der Waals surface area contributed by atoms with E-state index in [9.17, 15) is 0 Å². The predicted octanol–water partition coefficient (Wildman–Crippen LogP) is 4.99. The first-order valence-corrected chi connectivity index (χ1v) is 6.98. The van der Waals surface area contributed by atoms with Gasteiger partial charge in [0.1, 0.15) is 0 Å². The fraction of sp³-hybridized carbons (Fsp3) is 0.0500. The molecule has 0 aromatic heterocycles. The summed E-state index contributed by atoms with van der Waals surface area (Å²) in [6.07, 6.45) is 0. The molecule has 0 radical (unpaired) electrons. The molecule has 0 aliphatic heterocycles. The van der Waals surface area contributed by atoms with Crippen molar-refractivity contribution >= 4 is 0 Å². The van der Waals surface area contributed by atoms with Gasteiger partial charge >= 0.3 is 0 Å². The number of aryl methyl sites for hydroxylation is 1. The van der Waals surface area contributed by atoms with Crippen molar-refractivity contribution in [3.63, 3.8) is 0 Å². The van der Waals surface area contributed by atoms with Gasteiger partial charge < -0.3 is 0 Å². The summed E-state index contributed by atoms with van der Waals surface area (Å²) in [5, 5.41) is 0. The minimum Gasteiger partial charge on any atom is -0.0500 e. The third-order valence-corrected chi connectivity index (χ3v) is 4.02. The van der Waals surface area contributed by atoms with Crippen LogP contribution in [-0.2, 0) is 0 Å². The quantitative estimate of drug-likeness (QED) is 0.420. The van der Waals surface area contributed by atoms with Crippen LogP contribution in [0.15, 0.2) is 72.8 Å². The highest BCUT2D eigenvalue weighted by atomic mass is 14.3. The third-order valence-electron chi connectivity index (χ3n) is 4.02. The Kier molecular flexibility index (Phi) is 2.43. The van der Waals surface area contributed by atoms with Crippen molar-refractivity contribution < 1.29 is 0 Å². The van der Waals surface area contributed by atoms with Crippen LogP contribution in [0, 0.1) is 12.8 Å². The van der Waals surface area contributed by atoms with Gasteiger partial charge in [0.25, 0.3) is 0 Å². The van der Waals surface area contributed by atoms with E-state index >= 15 is 0 Å². The molecule has 0 N–H and O–H groups in total. The van der Waals surface area contributed by atoms with Crippen LogP contribution >= 0.6 is 0 Å². The van der Waals surface area contributed by atoms with Crippen LogP contribution in [-0.4, -0.2) is 0 Å². The topological polar surface area (TPSA) is 0 Å². The highest BCUT2D eigenvalue weighted by Gasteiger charge is 2.35. The van der Waals surface area contributed by atoms with Crippen LogP contribution in [0.25, 0.3) is 11.1 Å². The van der Waals surface area contributed by atoms with Gasteiger partial charge in [-0.15, -0.1) is 0 Å². The van der Waals surface area contributed by atoms with Crippen molar-refractivity contribution in [1.82, 2.24) is 0 Å². The average molecular weight is 255 g/mol. The normalized spacial score (nSPS) is 12.2. The summed E-state index contributed by atoms with van der Waals surface area (Å²) in [6.45, 7) is 2.13. The number of hydrogen-bond acceptors (Lipinski definition) is 0. The molecular formula is C20H15+. The lowest BCUT2D eigenvalue weighted by Crippen LogP contribution is -1.99. The minimum atomic E-state index is 1.30. The monoisotopic (exact) mass is 255 g/mol. The molecule has 0 atom stereocenters. The van der Waals surface area contributed by atoms with E-state index in [0.29, 0.717) is 0 Å². The fourth-order valence-corrected chi connectivity index (χ4v) is 3.05. The van der Waals surface area contributed by atoms with E-state index in [1.807, 2.05) is 0 Å². The molecule has 3 aromatic rings. The van der Waals surface area contributed by atoms with E-state index in [1.54, 1.807) is 0 Å². The molecule has 3 aromatic carbocycles. The summed E-state index contributed by atoms with van der Waals surface area (Å²) in [5.74, 6) is 1.36. The zero-order valence-corrected chi connectivity index (χ0v) is 11.4. The molecule has 20 heavy (non-hydrogen) atoms. The third kappa shape index (κ3) is 1.58. The van der Waals surface area contributed by atoms with E-state index in [-0.39, 0.29) is 0 Å². The summed E-state index contributed by atoms with van der Waals surface area (Å²) < 4.78 is 0. The SMILES string of the molecule is Cc1ccc([C+]2c3ccccc3-c3ccccc32)cc1. The number of benzene rings is 3. The van der Waals surface area contributed by atoms with Crippen LogP contribution in [0.4, 0.5) is 0 Å². The summed E-state index contributed by atoms with van der Waals surface area (Å²) in [7, 11) is 0. The van der Waals surface area contributed by atoms with E-state index in [1.165, 1.54) is 39.3 Å². The molecule has 4 rings (SSSR count). The zero-order valence-electron chi connectivity index (χ0n) is 11.4. The molecule has 0 bridgehead atoms. The molecule has 0 spiro atoms. The first-order chi connectivity index (χ1) is 9.84. The maximum absolute atomic E-state index is 2.23. The van der Waals surface area contributed by atoms with E-state index < -0.39 is 0 Å². The Bertz CT molecular complexity index is 721. The lowest BCUT2D eigenvalue weighted by Gasteiger charge is -2.08. The van der Waals surface area contributed by atoms with Crippen molar-refractivity contribution in [3.8, 4) is 11.1 Å². The molecule has 0 nitrogen and oxygen atoms in total. The highest BCUT2D eigenvalue weighted by Crippen LogP contribution is 2.46. The average Bonchev–Trinajstić information content (AvgIpc) is 2.83. The second kappa shape index (κ2) is 4.28. The summed E-state index contributed by atoms with van der Waals surface area (Å²) in [4.78, 5) is 0. The van der Waals surface area contributed by atoms with Crippen LogP contribution in [0.2, 0.25) is 0 Å². The molecule has 0 amide bonds. The molecule has 1 aliphatic carbocycles. The molecule has 0 heterocycles. The Labute approximate surface area is 119 Å². The predicted molar refractivity (Wildman–Crippen MR) is 83.6 cm³/mol. The second-order valence-corrected chi connectivity index (χ2v) is 5.33. The van der Waals surface area contributed by atoms with Crippen molar-refractivity contribution in [2.45, 2.75) is 6.92 Å². The maximum Gasteiger partial charge on any atom is 0.0674 e. The standard InChI is InChI=1S/C20H15/c1-14-10-12-15(13-11-14)20-18-8-4-2-6-16(18)17-7-3-5-9-19(17)20/h2-13H,1H3/q+1. The molecule has 1 aliphatic rings. The van der Waals surface area contributed by atoms with Gasteiger partial charge in [-0.05, 0) is 85.3 Å². The van der Waals surface area contributed by atoms with Gasteiger partial charge in [0.05, 0.1) is 33.7 Å². The van der Waals surface area contributed by atoms with Gasteiger partial charge in [0.2, 0.25) is 0 Å². The van der Waals surface area contributed by atoms with Gasteiger partial charge in [0, 0.05) is 0 Å². The number of fused-ring (bicyclic) bond motifs is 3. The smallest absolute Gasteiger partial charge is 0.0500 e. The van der Waals surface area contributed by atoms with Crippen LogP contribution < -0.4 is 0 Å². The Morgan fingerprint density at radius 3 is 1.65 bits per heavy atom. The molecule has 94 valence electrons. The van der Waals surface area contributed by atoms with E-state index in [4.69, 9.17) is 0 Å². The van der Waals surface area contributed by atoms with Gasteiger partial charge in [0.15, 0.2) is 0 Å². The molecular weight excluding hydrogens is 240 g/mol. The minimum absolute atomic E-state index is 1.30. The number of hydrogen-bond donors (Lipinski definition) is 0. The van der Waals surface area contributed by atoms with Gasteiger partial charge in [-0.25, -0.2) is 0 Å². The van der Waals surface area contributed by atoms with Crippen LogP contribution in [0.3, 0.4) is 0 Å². The largest absolute Gasteiger partial charge is 0.0674 e. The Balaban J connectivity index is 1.97. The second-order valence-electron chi connectivity index (χ2n) is 5.33. The first-order valence-electron chi connectivity index (χ1n) is 6.98. The molecule has 0 saturated heterocycles. The van der Waals surface area contributed by atoms with Crippen molar-refractivity contribution in [2.24, 2.45) is 0 Å². The fourth-order valence-electron chi connectivity index (χ4n) is 3.05. The van der Waals surface area contributed by atoms with Crippen LogP contribution in [0.1, 0.15) is 22.3 Å². The van der Waals surface area contributed by atoms with Gasteiger partial charge in [-0.1, -0.05) is 0 Å². The van der Waals surface area contributed by atoms with Crippen molar-refractivity contribution in [2.75, 3.05) is 0 Å². The lowest BCUT2D eigenvalue weighted by molar-refractivity contribution is 1.27. The maximum atomic E-state index is 2.23. The van der Waals surface area contributed by atoms with E-state index in [2.05, 4.69) is 79.7 Å². The van der Waals surface area contributed by atoms with E-state index in [0.717, 1.165) is 0 Å². The van der Waals surface area contributed by atoms with Crippen molar-refractivity contribution in [1.29, 1.82) is 0 Å². The molecule has 0 unspecified atom stereocenters. The molecule has 0 saturated carbocycles. The lowest BCUT2D eigenvalue weighted by atomic mass is 9.89. The van der Waals surface area contributed by atoms with Gasteiger partial charge in [-0.2, -0.15) is 0 Å². The highest BCUT2D eigenvalue weighted by molar-refractivity contribution is 5.86. The van der Waals surface area contributed by atoms with Crippen molar-refractivity contribution in [3.05, 3.63) is 101 Å². The molecule has 0 fully saturated rings. The molecule has 0 heteroatoms. The first kappa shape index (κ1) is 11.4. The Morgan fingerprint density at radius 2 is 1.10 bits per heavy atom. The van der Waals surface area contributed by atoms with Gasteiger partial charge in [-0.3, -0.25) is 0 Å². The number of rotatable bonds is 1. The zero-order chi connectivity index (χ0) is 13.5.